The number of nitrogens with one attached hydrogen (secondary N) is 1. The Balaban J connectivity index is 2.14. The molecule has 1 nitrogen and oxygen atoms in total. The Hall–Kier alpha value is -0.820. The summed E-state index contributed by atoms with van der Waals surface area (Å²) >= 11 is 0. The van der Waals surface area contributed by atoms with Crippen LogP contribution in [0.5, 0.6) is 0 Å². The first-order chi connectivity index (χ1) is 8.86. The SMILES string of the molecule is CCCCc1ccc(CCCCNCCC)cc1. The number of benzene rings is 1. The fraction of sp³-hybridized carbons (Fsp3) is 0.647. The van der Waals surface area contributed by atoms with Gasteiger partial charge in [-0.2, -0.15) is 0 Å². The minimum atomic E-state index is 1.16. The Morgan fingerprint density at radius 3 is 1.89 bits per heavy atom. The van der Waals surface area contributed by atoms with Crippen LogP contribution in [-0.2, 0) is 12.8 Å². The molecule has 18 heavy (non-hydrogen) atoms. The van der Waals surface area contributed by atoms with Crippen LogP contribution in [0.3, 0.4) is 0 Å². The Kier molecular flexibility index (Phi) is 8.58. The van der Waals surface area contributed by atoms with Gasteiger partial charge in [-0.3, -0.25) is 0 Å². The highest BCUT2D eigenvalue weighted by Gasteiger charge is 1.95. The molecule has 0 unspecified atom stereocenters. The summed E-state index contributed by atoms with van der Waals surface area (Å²) in [6.45, 7) is 6.79. The summed E-state index contributed by atoms with van der Waals surface area (Å²) in [6, 6.07) is 9.23. The quantitative estimate of drug-likeness (QED) is 0.606. The van der Waals surface area contributed by atoms with Gasteiger partial charge in [-0.1, -0.05) is 44.5 Å². The smallest absolute Gasteiger partial charge is 0.00488 e. The van der Waals surface area contributed by atoms with Gasteiger partial charge in [0.1, 0.15) is 0 Å². The first kappa shape index (κ1) is 15.2. The van der Waals surface area contributed by atoms with Crippen LogP contribution in [0, 0.1) is 0 Å². The molecule has 1 rings (SSSR count). The summed E-state index contributed by atoms with van der Waals surface area (Å²) in [5, 5.41) is 3.45. The molecule has 0 fully saturated rings. The minimum absolute atomic E-state index is 1.16. The molecular formula is C17H29N. The van der Waals surface area contributed by atoms with Crippen molar-refractivity contribution in [1.82, 2.24) is 5.32 Å². The maximum atomic E-state index is 3.45. The maximum absolute atomic E-state index is 3.45. The average Bonchev–Trinajstić information content (AvgIpc) is 2.42. The summed E-state index contributed by atoms with van der Waals surface area (Å²) < 4.78 is 0. The van der Waals surface area contributed by atoms with Gasteiger partial charge in [0.15, 0.2) is 0 Å². The largest absolute Gasteiger partial charge is 0.317 e. The van der Waals surface area contributed by atoms with Crippen LogP contribution in [0.15, 0.2) is 24.3 Å². The highest BCUT2D eigenvalue weighted by Crippen LogP contribution is 2.10. The van der Waals surface area contributed by atoms with E-state index < -0.39 is 0 Å². The summed E-state index contributed by atoms with van der Waals surface area (Å²) in [7, 11) is 0. The molecule has 0 saturated heterocycles. The molecule has 102 valence electrons. The van der Waals surface area contributed by atoms with Gasteiger partial charge in [-0.25, -0.2) is 0 Å². The average molecular weight is 247 g/mol. The van der Waals surface area contributed by atoms with Crippen molar-refractivity contribution in [2.75, 3.05) is 13.1 Å². The molecule has 0 aliphatic heterocycles. The van der Waals surface area contributed by atoms with E-state index in [1.165, 1.54) is 62.6 Å². The monoisotopic (exact) mass is 247 g/mol. The zero-order chi connectivity index (χ0) is 13.1. The van der Waals surface area contributed by atoms with Crippen LogP contribution in [0.4, 0.5) is 0 Å². The maximum Gasteiger partial charge on any atom is -0.00488 e. The van der Waals surface area contributed by atoms with E-state index >= 15 is 0 Å². The van der Waals surface area contributed by atoms with Crippen LogP contribution in [-0.4, -0.2) is 13.1 Å². The minimum Gasteiger partial charge on any atom is -0.317 e. The fourth-order valence-electron chi connectivity index (χ4n) is 2.13. The molecule has 1 N–H and O–H groups in total. The number of unbranched alkanes of at least 4 members (excludes halogenated alkanes) is 2. The standard InChI is InChI=1S/C17H29N/c1-3-5-8-16-10-12-17(13-11-16)9-6-7-15-18-14-4-2/h10-13,18H,3-9,14-15H2,1-2H3. The third-order valence-corrected chi connectivity index (χ3v) is 3.34. The van der Waals surface area contributed by atoms with Gasteiger partial charge in [0.25, 0.3) is 0 Å². The molecule has 0 atom stereocenters. The predicted octanol–water partition coefficient (Wildman–Crippen LogP) is 4.35. The summed E-state index contributed by atoms with van der Waals surface area (Å²) in [5.74, 6) is 0. The van der Waals surface area contributed by atoms with Crippen molar-refractivity contribution in [2.24, 2.45) is 0 Å². The van der Waals surface area contributed by atoms with E-state index in [-0.39, 0.29) is 0 Å². The Morgan fingerprint density at radius 2 is 1.33 bits per heavy atom. The normalized spacial score (nSPS) is 10.8. The van der Waals surface area contributed by atoms with Crippen molar-refractivity contribution in [3.05, 3.63) is 35.4 Å². The molecule has 0 aliphatic carbocycles. The first-order valence-corrected chi connectivity index (χ1v) is 7.65. The van der Waals surface area contributed by atoms with E-state index in [1.54, 1.807) is 0 Å². The van der Waals surface area contributed by atoms with E-state index in [0.29, 0.717) is 0 Å². The molecule has 0 aliphatic rings. The second-order valence-electron chi connectivity index (χ2n) is 5.13. The van der Waals surface area contributed by atoms with Crippen molar-refractivity contribution in [3.8, 4) is 0 Å². The number of rotatable bonds is 10. The van der Waals surface area contributed by atoms with Crippen LogP contribution >= 0.6 is 0 Å². The molecule has 0 radical (unpaired) electrons. The van der Waals surface area contributed by atoms with Gasteiger partial charge in [0.2, 0.25) is 0 Å². The zero-order valence-electron chi connectivity index (χ0n) is 12.2. The predicted molar refractivity (Wildman–Crippen MR) is 81.2 cm³/mol. The zero-order valence-corrected chi connectivity index (χ0v) is 12.2. The second-order valence-corrected chi connectivity index (χ2v) is 5.13. The van der Waals surface area contributed by atoms with Crippen LogP contribution < -0.4 is 5.32 Å². The fourth-order valence-corrected chi connectivity index (χ4v) is 2.13. The number of aryl methyl sites for hydroxylation is 2. The van der Waals surface area contributed by atoms with Crippen molar-refractivity contribution in [3.63, 3.8) is 0 Å². The molecule has 1 aromatic rings. The molecule has 1 aromatic carbocycles. The van der Waals surface area contributed by atoms with Gasteiger partial charge in [0.05, 0.1) is 0 Å². The third kappa shape index (κ3) is 6.80. The van der Waals surface area contributed by atoms with E-state index in [4.69, 9.17) is 0 Å². The molecule has 1 heteroatoms. The van der Waals surface area contributed by atoms with E-state index in [0.717, 1.165) is 6.54 Å². The number of hydrogen-bond donors (Lipinski definition) is 1. The molecule has 0 spiro atoms. The number of hydrogen-bond acceptors (Lipinski definition) is 1. The lowest BCUT2D eigenvalue weighted by Crippen LogP contribution is -2.15. The van der Waals surface area contributed by atoms with Crippen LogP contribution in [0.25, 0.3) is 0 Å². The van der Waals surface area contributed by atoms with Gasteiger partial charge >= 0.3 is 0 Å². The van der Waals surface area contributed by atoms with Crippen LogP contribution in [0.1, 0.15) is 57.1 Å². The highest BCUT2D eigenvalue weighted by molar-refractivity contribution is 5.22. The lowest BCUT2D eigenvalue weighted by molar-refractivity contribution is 0.617. The van der Waals surface area contributed by atoms with Crippen LogP contribution in [0.2, 0.25) is 0 Å². The van der Waals surface area contributed by atoms with Crippen molar-refractivity contribution < 1.29 is 0 Å². The second kappa shape index (κ2) is 10.1. The van der Waals surface area contributed by atoms with Gasteiger partial charge in [-0.15, -0.1) is 0 Å². The van der Waals surface area contributed by atoms with E-state index in [2.05, 4.69) is 43.4 Å². The summed E-state index contributed by atoms with van der Waals surface area (Å²) in [6.07, 6.45) is 8.87. The first-order valence-electron chi connectivity index (χ1n) is 7.65. The Bertz CT molecular complexity index is 289. The van der Waals surface area contributed by atoms with Gasteiger partial charge in [0, 0.05) is 0 Å². The third-order valence-electron chi connectivity index (χ3n) is 3.34. The van der Waals surface area contributed by atoms with Crippen molar-refractivity contribution >= 4 is 0 Å². The van der Waals surface area contributed by atoms with Crippen molar-refractivity contribution in [2.45, 2.75) is 58.8 Å². The van der Waals surface area contributed by atoms with Crippen molar-refractivity contribution in [1.29, 1.82) is 0 Å². The van der Waals surface area contributed by atoms with E-state index in [1.807, 2.05) is 0 Å². The summed E-state index contributed by atoms with van der Waals surface area (Å²) in [5.41, 5.74) is 2.98. The lowest BCUT2D eigenvalue weighted by atomic mass is 10.0. The Morgan fingerprint density at radius 1 is 0.722 bits per heavy atom. The topological polar surface area (TPSA) is 12.0 Å². The molecule has 0 bridgehead atoms. The van der Waals surface area contributed by atoms with E-state index in [9.17, 15) is 0 Å². The lowest BCUT2D eigenvalue weighted by Gasteiger charge is -2.05. The highest BCUT2D eigenvalue weighted by atomic mass is 14.8. The summed E-state index contributed by atoms with van der Waals surface area (Å²) in [4.78, 5) is 0. The molecule has 0 saturated carbocycles. The Labute approximate surface area is 113 Å². The molecular weight excluding hydrogens is 218 g/mol. The molecule has 0 amide bonds. The van der Waals surface area contributed by atoms with Gasteiger partial charge in [-0.05, 0) is 62.7 Å². The molecule has 0 aromatic heterocycles. The van der Waals surface area contributed by atoms with Gasteiger partial charge < -0.3 is 5.32 Å². The molecule has 0 heterocycles.